The maximum Gasteiger partial charge on any atom is 0.0727 e. The van der Waals surface area contributed by atoms with Crippen molar-refractivity contribution in [2.45, 2.75) is 12.3 Å². The normalized spacial score (nSPS) is 15.1. The van der Waals surface area contributed by atoms with Crippen LogP contribution in [0.5, 0.6) is 0 Å². The number of aryl methyl sites for hydroxylation is 1. The first-order valence-corrected chi connectivity index (χ1v) is 18.8. The molecule has 52 heavy (non-hydrogen) atoms. The Kier molecular flexibility index (Phi) is 6.32. The van der Waals surface area contributed by atoms with E-state index in [1.54, 1.807) is 0 Å². The van der Waals surface area contributed by atoms with Gasteiger partial charge >= 0.3 is 0 Å². The zero-order valence-corrected chi connectivity index (χ0v) is 29.5. The van der Waals surface area contributed by atoms with Crippen molar-refractivity contribution in [1.29, 1.82) is 0 Å². The summed E-state index contributed by atoms with van der Waals surface area (Å²) in [5.74, 6) is 0. The summed E-state index contributed by atoms with van der Waals surface area (Å²) in [5.41, 5.74) is 17.5. The summed E-state index contributed by atoms with van der Waals surface area (Å²) in [4.78, 5) is 2.43. The molecule has 2 aliphatic rings. The van der Waals surface area contributed by atoms with Gasteiger partial charge in [0, 0.05) is 42.8 Å². The molecule has 1 aromatic heterocycles. The number of hydrogen-bond donors (Lipinski definition) is 0. The second-order valence-electron chi connectivity index (χ2n) is 14.1. The number of nitrogens with zero attached hydrogens (tertiary/aromatic N) is 1. The van der Waals surface area contributed by atoms with Gasteiger partial charge in [0.15, 0.2) is 0 Å². The van der Waals surface area contributed by atoms with Crippen LogP contribution in [0.3, 0.4) is 0 Å². The van der Waals surface area contributed by atoms with E-state index >= 15 is 0 Å². The van der Waals surface area contributed by atoms with E-state index in [0.717, 1.165) is 11.4 Å². The van der Waals surface area contributed by atoms with Crippen LogP contribution in [0.2, 0.25) is 0 Å². The molecule has 0 fully saturated rings. The third kappa shape index (κ3) is 3.99. The zero-order chi connectivity index (χ0) is 34.4. The zero-order valence-electron chi connectivity index (χ0n) is 28.7. The van der Waals surface area contributed by atoms with Gasteiger partial charge in [-0.15, -0.1) is 11.3 Å². The monoisotopic (exact) mass is 679 g/mol. The van der Waals surface area contributed by atoms with E-state index in [2.05, 4.69) is 194 Å². The summed E-state index contributed by atoms with van der Waals surface area (Å²) in [5, 5.41) is 2.67. The number of hydrogen-bond acceptors (Lipinski definition) is 2. The second-order valence-corrected chi connectivity index (χ2v) is 15.1. The Labute approximate surface area is 307 Å². The predicted octanol–water partition coefficient (Wildman–Crippen LogP) is 13.8. The van der Waals surface area contributed by atoms with Gasteiger partial charge < -0.3 is 4.90 Å². The molecule has 0 saturated heterocycles. The van der Waals surface area contributed by atoms with Crippen molar-refractivity contribution >= 4 is 48.6 Å². The summed E-state index contributed by atoms with van der Waals surface area (Å²) in [6.07, 6.45) is 0. The molecule has 244 valence electrons. The number of thiophene rings is 1. The molecule has 0 bridgehead atoms. The Hall–Kier alpha value is -6.22. The van der Waals surface area contributed by atoms with Crippen molar-refractivity contribution in [1.82, 2.24) is 0 Å². The number of benzene rings is 8. The third-order valence-corrected chi connectivity index (χ3v) is 12.6. The smallest absolute Gasteiger partial charge is 0.0727 e. The minimum atomic E-state index is -0.490. The van der Waals surface area contributed by atoms with Gasteiger partial charge in [0.2, 0.25) is 0 Å². The highest BCUT2D eigenvalue weighted by Gasteiger charge is 2.52. The van der Waals surface area contributed by atoms with E-state index in [9.17, 15) is 0 Å². The molecular weight excluding hydrogens is 647 g/mol. The average molecular weight is 680 g/mol. The maximum atomic E-state index is 2.50. The van der Waals surface area contributed by atoms with E-state index in [0.29, 0.717) is 0 Å². The van der Waals surface area contributed by atoms with E-state index < -0.39 is 5.41 Å². The van der Waals surface area contributed by atoms with Crippen LogP contribution in [0.25, 0.3) is 53.6 Å². The fraction of sp³-hybridized carbons (Fsp3) is 0.0400. The molecular formula is C50H33NS. The van der Waals surface area contributed by atoms with Crippen molar-refractivity contribution in [3.05, 3.63) is 210 Å². The molecule has 0 radical (unpaired) electrons. The van der Waals surface area contributed by atoms with Crippen molar-refractivity contribution < 1.29 is 0 Å². The Balaban J connectivity index is 1.26. The van der Waals surface area contributed by atoms with Crippen molar-refractivity contribution in [3.8, 4) is 33.4 Å². The highest BCUT2D eigenvalue weighted by atomic mass is 32.1. The van der Waals surface area contributed by atoms with E-state index in [1.807, 2.05) is 11.3 Å². The van der Waals surface area contributed by atoms with Gasteiger partial charge in [-0.3, -0.25) is 0 Å². The molecule has 0 amide bonds. The van der Waals surface area contributed by atoms with Gasteiger partial charge in [-0.25, -0.2) is 0 Å². The molecule has 1 heterocycles. The fourth-order valence-corrected chi connectivity index (χ4v) is 10.5. The lowest BCUT2D eigenvalue weighted by atomic mass is 9.70. The van der Waals surface area contributed by atoms with Crippen LogP contribution in [0.1, 0.15) is 27.8 Å². The summed E-state index contributed by atoms with van der Waals surface area (Å²) in [6, 6.07) is 67.7. The summed E-state index contributed by atoms with van der Waals surface area (Å²) in [7, 11) is 0. The first kappa shape index (κ1) is 29.5. The molecule has 1 atom stereocenters. The lowest BCUT2D eigenvalue weighted by Crippen LogP contribution is -2.26. The molecule has 0 saturated carbocycles. The minimum absolute atomic E-state index is 0.490. The summed E-state index contributed by atoms with van der Waals surface area (Å²) in [6.45, 7) is 2.21. The van der Waals surface area contributed by atoms with Crippen LogP contribution in [0.4, 0.5) is 17.1 Å². The SMILES string of the molecule is Cc1ccccc1N(c1ccccc1)c1ccc2c(c1)C1(c3cc(-c4ccccc4)ccc3-2)c2ccccc2-c2c1ccc1c2sc2ccccc21. The summed E-state index contributed by atoms with van der Waals surface area (Å²) < 4.78 is 2.71. The lowest BCUT2D eigenvalue weighted by molar-refractivity contribution is 0.794. The highest BCUT2D eigenvalue weighted by Crippen LogP contribution is 2.65. The first-order chi connectivity index (χ1) is 25.7. The third-order valence-electron chi connectivity index (χ3n) is 11.4. The molecule has 9 aromatic rings. The maximum absolute atomic E-state index is 2.50. The standard InChI is InChI=1S/C50H33NS/c1-32-14-8-12-22-46(32)51(35-17-6-3-7-18-35)36-25-27-38-37-26-24-34(33-15-4-2-5-16-33)30-44(37)50(45(38)31-36)42-21-11-9-20-41(42)48-43(50)29-28-40-39-19-10-13-23-47(39)52-49(40)48/h2-31H,1H3. The van der Waals surface area contributed by atoms with Gasteiger partial charge in [-0.1, -0.05) is 140 Å². The number of fused-ring (bicyclic) bond motifs is 14. The van der Waals surface area contributed by atoms with Gasteiger partial charge in [0.25, 0.3) is 0 Å². The predicted molar refractivity (Wildman–Crippen MR) is 220 cm³/mol. The van der Waals surface area contributed by atoms with Crippen molar-refractivity contribution in [2.24, 2.45) is 0 Å². The summed E-state index contributed by atoms with van der Waals surface area (Å²) >= 11 is 1.93. The quantitative estimate of drug-likeness (QED) is 0.179. The molecule has 2 heteroatoms. The van der Waals surface area contributed by atoms with Crippen LogP contribution in [-0.4, -0.2) is 0 Å². The van der Waals surface area contributed by atoms with Gasteiger partial charge in [0.1, 0.15) is 0 Å². The fourth-order valence-electron chi connectivity index (χ4n) is 9.20. The Morgan fingerprint density at radius 2 is 1.13 bits per heavy atom. The van der Waals surface area contributed by atoms with E-state index in [4.69, 9.17) is 0 Å². The number of rotatable bonds is 4. The van der Waals surface area contributed by atoms with Crippen LogP contribution in [-0.2, 0) is 5.41 Å². The van der Waals surface area contributed by atoms with Crippen LogP contribution in [0.15, 0.2) is 182 Å². The lowest BCUT2D eigenvalue weighted by Gasteiger charge is -2.32. The van der Waals surface area contributed by atoms with E-state index in [-0.39, 0.29) is 0 Å². The van der Waals surface area contributed by atoms with Crippen molar-refractivity contribution in [2.75, 3.05) is 4.90 Å². The van der Waals surface area contributed by atoms with Gasteiger partial charge in [-0.05, 0) is 105 Å². The molecule has 1 unspecified atom stereocenters. The first-order valence-electron chi connectivity index (χ1n) is 18.0. The Morgan fingerprint density at radius 3 is 1.98 bits per heavy atom. The van der Waals surface area contributed by atoms with Gasteiger partial charge in [-0.2, -0.15) is 0 Å². The Bertz CT molecular complexity index is 2870. The van der Waals surface area contributed by atoms with E-state index in [1.165, 1.54) is 87.1 Å². The van der Waals surface area contributed by atoms with Gasteiger partial charge in [0.05, 0.1) is 5.41 Å². The average Bonchev–Trinajstić information content (AvgIpc) is 3.83. The molecule has 2 aliphatic carbocycles. The second kappa shape index (κ2) is 11.1. The number of para-hydroxylation sites is 2. The van der Waals surface area contributed by atoms with Crippen LogP contribution >= 0.6 is 11.3 Å². The Morgan fingerprint density at radius 1 is 0.442 bits per heavy atom. The minimum Gasteiger partial charge on any atom is -0.310 e. The molecule has 1 nitrogen and oxygen atoms in total. The topological polar surface area (TPSA) is 3.24 Å². The molecule has 8 aromatic carbocycles. The number of anilines is 3. The highest BCUT2D eigenvalue weighted by molar-refractivity contribution is 7.26. The molecule has 1 spiro atoms. The van der Waals surface area contributed by atoms with Crippen LogP contribution in [0, 0.1) is 6.92 Å². The molecule has 0 N–H and O–H groups in total. The molecule has 11 rings (SSSR count). The van der Waals surface area contributed by atoms with Crippen LogP contribution < -0.4 is 4.90 Å². The van der Waals surface area contributed by atoms with Crippen molar-refractivity contribution in [3.63, 3.8) is 0 Å². The molecule has 0 aliphatic heterocycles. The largest absolute Gasteiger partial charge is 0.310 e.